The van der Waals surface area contributed by atoms with Crippen LogP contribution in [0.25, 0.3) is 0 Å². The number of nitrogens with one attached hydrogen (secondary N) is 1. The number of hydrogen-bond acceptors (Lipinski definition) is 6. The molecule has 1 aromatic carbocycles. The molecule has 0 spiro atoms. The van der Waals surface area contributed by atoms with Crippen molar-refractivity contribution in [3.05, 3.63) is 48.2 Å². The number of likely N-dealkylation sites (N-methyl/N-ethyl adjacent to an activating group) is 1. The minimum atomic E-state index is -0.592. The quantitative estimate of drug-likeness (QED) is 0.787. The van der Waals surface area contributed by atoms with Gasteiger partial charge in [-0.1, -0.05) is 6.07 Å². The lowest BCUT2D eigenvalue weighted by Gasteiger charge is -2.33. The Balaban J connectivity index is 1.46. The van der Waals surface area contributed by atoms with Crippen LogP contribution < -0.4 is 19.7 Å². The first-order valence-electron chi connectivity index (χ1n) is 9.52. The monoisotopic (exact) mass is 384 g/mol. The number of carbonyl (C=O) groups is 1. The molecule has 7 nitrogen and oxygen atoms in total. The van der Waals surface area contributed by atoms with Crippen LogP contribution in [0.4, 0.5) is 5.82 Å². The first-order valence-corrected chi connectivity index (χ1v) is 9.52. The molecule has 0 aliphatic carbocycles. The van der Waals surface area contributed by atoms with Crippen molar-refractivity contribution in [3.63, 3.8) is 0 Å². The lowest BCUT2D eigenvalue weighted by Crippen LogP contribution is -2.44. The van der Waals surface area contributed by atoms with E-state index in [0.717, 1.165) is 43.3 Å². The Kier molecular flexibility index (Phi) is 6.71. The maximum atomic E-state index is 12.3. The van der Waals surface area contributed by atoms with Crippen LogP contribution >= 0.6 is 0 Å². The maximum absolute atomic E-state index is 12.3. The summed E-state index contributed by atoms with van der Waals surface area (Å²) in [5.74, 6) is 2.19. The molecule has 28 heavy (non-hydrogen) atoms. The van der Waals surface area contributed by atoms with E-state index in [2.05, 4.69) is 27.1 Å². The second-order valence-electron chi connectivity index (χ2n) is 6.97. The first-order chi connectivity index (χ1) is 13.5. The summed E-state index contributed by atoms with van der Waals surface area (Å²) in [7, 11) is 3.74. The molecule has 1 aromatic heterocycles. The number of carbonyl (C=O) groups excluding carboxylic acids is 1. The van der Waals surface area contributed by atoms with E-state index >= 15 is 0 Å². The van der Waals surface area contributed by atoms with Gasteiger partial charge in [0.05, 0.1) is 7.11 Å². The molecule has 1 saturated heterocycles. The van der Waals surface area contributed by atoms with Crippen LogP contribution in [0.2, 0.25) is 0 Å². The number of amides is 1. The molecular weight excluding hydrogens is 356 g/mol. The number of aromatic nitrogens is 1. The molecule has 2 heterocycles. The van der Waals surface area contributed by atoms with Crippen LogP contribution in [0.3, 0.4) is 0 Å². The zero-order chi connectivity index (χ0) is 19.9. The molecule has 7 heteroatoms. The van der Waals surface area contributed by atoms with E-state index in [1.165, 1.54) is 0 Å². The lowest BCUT2D eigenvalue weighted by molar-refractivity contribution is -0.127. The number of nitrogens with zero attached hydrogens (tertiary/aromatic N) is 3. The number of benzene rings is 1. The van der Waals surface area contributed by atoms with Gasteiger partial charge in [-0.2, -0.15) is 0 Å². The van der Waals surface area contributed by atoms with E-state index in [4.69, 9.17) is 9.47 Å². The summed E-state index contributed by atoms with van der Waals surface area (Å²) < 4.78 is 10.8. The normalized spacial score (nSPS) is 15.8. The van der Waals surface area contributed by atoms with Gasteiger partial charge in [0.25, 0.3) is 5.91 Å². The van der Waals surface area contributed by atoms with Gasteiger partial charge < -0.3 is 24.6 Å². The van der Waals surface area contributed by atoms with Crippen molar-refractivity contribution in [2.24, 2.45) is 0 Å². The van der Waals surface area contributed by atoms with E-state index in [-0.39, 0.29) is 5.91 Å². The van der Waals surface area contributed by atoms with E-state index in [0.29, 0.717) is 12.3 Å². The Labute approximate surface area is 166 Å². The third-order valence-corrected chi connectivity index (χ3v) is 4.84. The first kappa shape index (κ1) is 19.9. The molecule has 1 aliphatic heterocycles. The van der Waals surface area contributed by atoms with Gasteiger partial charge in [-0.05, 0) is 49.9 Å². The molecule has 150 valence electrons. The van der Waals surface area contributed by atoms with Crippen LogP contribution in [0.5, 0.6) is 11.5 Å². The topological polar surface area (TPSA) is 66.9 Å². The molecule has 1 aliphatic rings. The Morgan fingerprint density at radius 3 is 2.39 bits per heavy atom. The van der Waals surface area contributed by atoms with Crippen molar-refractivity contribution in [1.82, 2.24) is 15.2 Å². The van der Waals surface area contributed by atoms with Crippen molar-refractivity contribution in [1.29, 1.82) is 0 Å². The molecule has 0 saturated carbocycles. The highest BCUT2D eigenvalue weighted by molar-refractivity contribution is 5.80. The van der Waals surface area contributed by atoms with E-state index < -0.39 is 6.10 Å². The Hall–Kier alpha value is -2.80. The van der Waals surface area contributed by atoms with Crippen molar-refractivity contribution in [2.75, 3.05) is 45.2 Å². The molecule has 0 radical (unpaired) electrons. The van der Waals surface area contributed by atoms with Gasteiger partial charge in [0.1, 0.15) is 17.3 Å². The van der Waals surface area contributed by atoms with Gasteiger partial charge in [-0.25, -0.2) is 4.98 Å². The highest BCUT2D eigenvalue weighted by Gasteiger charge is 2.16. The summed E-state index contributed by atoms with van der Waals surface area (Å²) >= 11 is 0. The molecule has 1 unspecified atom stereocenters. The Morgan fingerprint density at radius 1 is 1.11 bits per heavy atom. The van der Waals surface area contributed by atoms with Crippen LogP contribution in [-0.2, 0) is 11.3 Å². The predicted octanol–water partition coefficient (Wildman–Crippen LogP) is 1.93. The summed E-state index contributed by atoms with van der Waals surface area (Å²) in [5.41, 5.74) is 0.961. The number of hydrogen-bond donors (Lipinski definition) is 1. The van der Waals surface area contributed by atoms with Gasteiger partial charge in [0.15, 0.2) is 6.10 Å². The third kappa shape index (κ3) is 5.36. The van der Waals surface area contributed by atoms with Gasteiger partial charge >= 0.3 is 0 Å². The van der Waals surface area contributed by atoms with Crippen LogP contribution in [0.15, 0.2) is 42.6 Å². The highest BCUT2D eigenvalue weighted by atomic mass is 16.5. The fourth-order valence-corrected chi connectivity index (χ4v) is 2.99. The molecule has 1 fully saturated rings. The Morgan fingerprint density at radius 2 is 1.79 bits per heavy atom. The lowest BCUT2D eigenvalue weighted by atomic mass is 10.2. The molecule has 3 rings (SSSR count). The van der Waals surface area contributed by atoms with Crippen molar-refractivity contribution in [3.8, 4) is 11.5 Å². The van der Waals surface area contributed by atoms with Crippen LogP contribution in [-0.4, -0.2) is 62.2 Å². The van der Waals surface area contributed by atoms with E-state index in [9.17, 15) is 4.79 Å². The summed E-state index contributed by atoms with van der Waals surface area (Å²) in [5, 5.41) is 2.90. The number of rotatable bonds is 7. The van der Waals surface area contributed by atoms with Crippen molar-refractivity contribution in [2.45, 2.75) is 19.6 Å². The zero-order valence-corrected chi connectivity index (χ0v) is 16.7. The molecule has 1 atom stereocenters. The third-order valence-electron chi connectivity index (χ3n) is 4.84. The fourth-order valence-electron chi connectivity index (χ4n) is 2.99. The number of methoxy groups -OCH3 is 1. The minimum Gasteiger partial charge on any atom is -0.497 e. The van der Waals surface area contributed by atoms with Crippen molar-refractivity contribution >= 4 is 11.7 Å². The number of anilines is 1. The van der Waals surface area contributed by atoms with Gasteiger partial charge in [-0.15, -0.1) is 0 Å². The van der Waals surface area contributed by atoms with Crippen molar-refractivity contribution < 1.29 is 14.3 Å². The largest absolute Gasteiger partial charge is 0.497 e. The molecule has 0 bridgehead atoms. The van der Waals surface area contributed by atoms with Gasteiger partial charge in [0, 0.05) is 38.9 Å². The smallest absolute Gasteiger partial charge is 0.261 e. The highest BCUT2D eigenvalue weighted by Crippen LogP contribution is 2.18. The predicted molar refractivity (Wildman–Crippen MR) is 109 cm³/mol. The summed E-state index contributed by atoms with van der Waals surface area (Å²) in [6.45, 7) is 6.22. The van der Waals surface area contributed by atoms with Gasteiger partial charge in [0.2, 0.25) is 0 Å². The van der Waals surface area contributed by atoms with E-state index in [1.54, 1.807) is 38.3 Å². The maximum Gasteiger partial charge on any atom is 0.261 e. The molecule has 1 N–H and O–H groups in total. The fraction of sp³-hybridized carbons (Fsp3) is 0.429. The average Bonchev–Trinajstić information content (AvgIpc) is 2.73. The molecular formula is C21H28N4O3. The standard InChI is InChI=1S/C21H28N4O3/c1-16(28-19-7-5-18(27-3)6-8-19)21(26)23-15-17-4-9-20(22-14-17)25-12-10-24(2)11-13-25/h4-9,14,16H,10-13,15H2,1-3H3,(H,23,26). The zero-order valence-electron chi connectivity index (χ0n) is 16.7. The Bertz CT molecular complexity index is 756. The molecule has 1 amide bonds. The van der Waals surface area contributed by atoms with Crippen LogP contribution in [0.1, 0.15) is 12.5 Å². The summed E-state index contributed by atoms with van der Waals surface area (Å²) in [6.07, 6.45) is 1.23. The minimum absolute atomic E-state index is 0.168. The number of pyridine rings is 1. The summed E-state index contributed by atoms with van der Waals surface area (Å²) in [4.78, 5) is 21.4. The SMILES string of the molecule is COc1ccc(OC(C)C(=O)NCc2ccc(N3CCN(C)CC3)nc2)cc1. The number of ether oxygens (including phenoxy) is 2. The summed E-state index contributed by atoms with van der Waals surface area (Å²) in [6, 6.07) is 11.2. The average molecular weight is 384 g/mol. The van der Waals surface area contributed by atoms with E-state index in [1.807, 2.05) is 18.3 Å². The molecule has 2 aromatic rings. The van der Waals surface area contributed by atoms with Crippen LogP contribution in [0, 0.1) is 0 Å². The van der Waals surface area contributed by atoms with Gasteiger partial charge in [-0.3, -0.25) is 4.79 Å². The number of piperazine rings is 1. The second-order valence-corrected chi connectivity index (χ2v) is 6.97. The second kappa shape index (κ2) is 9.41.